The molecule has 2 aromatic rings. The monoisotopic (exact) mass is 313 g/mol. The fourth-order valence-corrected chi connectivity index (χ4v) is 1.95. The van der Waals surface area contributed by atoms with Gasteiger partial charge in [0.15, 0.2) is 5.69 Å². The first-order valence-electron chi connectivity index (χ1n) is 6.36. The number of hydrogen-bond donors (Lipinski definition) is 1. The van der Waals surface area contributed by atoms with Crippen LogP contribution in [-0.2, 0) is 17.5 Å². The summed E-state index contributed by atoms with van der Waals surface area (Å²) < 4.78 is 44.2. The maximum atomic E-state index is 12.8. The van der Waals surface area contributed by atoms with Gasteiger partial charge in [-0.3, -0.25) is 0 Å². The summed E-state index contributed by atoms with van der Waals surface area (Å²) in [5, 5.41) is 6.40. The summed E-state index contributed by atoms with van der Waals surface area (Å²) >= 11 is 0. The topological polar surface area (TPSA) is 56.2 Å². The molecule has 5 nitrogen and oxygen atoms in total. The third-order valence-corrected chi connectivity index (χ3v) is 2.96. The first-order valence-corrected chi connectivity index (χ1v) is 6.36. The van der Waals surface area contributed by atoms with Gasteiger partial charge in [0.25, 0.3) is 0 Å². The highest BCUT2D eigenvalue weighted by Gasteiger charge is 2.35. The Bertz CT molecular complexity index is 663. The largest absolute Gasteiger partial charge is 0.465 e. The molecular formula is C14H14F3N3O2. The predicted octanol–water partition coefficient (Wildman–Crippen LogP) is 2.40. The van der Waals surface area contributed by atoms with E-state index in [1.807, 2.05) is 0 Å². The van der Waals surface area contributed by atoms with Gasteiger partial charge in [0.05, 0.1) is 24.1 Å². The SMILES string of the molecule is CNCc1cc(C(F)(F)F)nn1-c1ccc(C(=O)OC)cc1. The second-order valence-electron chi connectivity index (χ2n) is 4.50. The maximum Gasteiger partial charge on any atom is 0.435 e. The molecule has 0 fully saturated rings. The van der Waals surface area contributed by atoms with Crippen LogP contribution in [-0.4, -0.2) is 29.9 Å². The third kappa shape index (κ3) is 3.28. The van der Waals surface area contributed by atoms with E-state index in [9.17, 15) is 18.0 Å². The molecule has 0 spiro atoms. The van der Waals surface area contributed by atoms with E-state index in [1.165, 1.54) is 36.1 Å². The Hall–Kier alpha value is -2.35. The van der Waals surface area contributed by atoms with E-state index in [2.05, 4.69) is 15.2 Å². The molecule has 8 heteroatoms. The molecular weight excluding hydrogens is 299 g/mol. The van der Waals surface area contributed by atoms with Crippen LogP contribution in [0.4, 0.5) is 13.2 Å². The number of nitrogens with one attached hydrogen (secondary N) is 1. The Balaban J connectivity index is 2.42. The summed E-state index contributed by atoms with van der Waals surface area (Å²) in [6, 6.07) is 6.96. The summed E-state index contributed by atoms with van der Waals surface area (Å²) in [6.45, 7) is 0.224. The maximum absolute atomic E-state index is 12.8. The van der Waals surface area contributed by atoms with Gasteiger partial charge in [0.1, 0.15) is 0 Å². The van der Waals surface area contributed by atoms with Gasteiger partial charge < -0.3 is 10.1 Å². The lowest BCUT2D eigenvalue weighted by molar-refractivity contribution is -0.141. The molecule has 0 aliphatic heterocycles. The standard InChI is InChI=1S/C14H14F3N3O2/c1-18-8-11-7-12(14(15,16)17)19-20(11)10-5-3-9(4-6-10)13(21)22-2/h3-7,18H,8H2,1-2H3. The number of ether oxygens (including phenoxy) is 1. The van der Waals surface area contributed by atoms with Crippen LogP contribution < -0.4 is 5.32 Å². The van der Waals surface area contributed by atoms with Crippen LogP contribution in [0.25, 0.3) is 5.69 Å². The van der Waals surface area contributed by atoms with Crippen LogP contribution in [0.1, 0.15) is 21.7 Å². The number of aromatic nitrogens is 2. The molecule has 2 rings (SSSR count). The van der Waals surface area contributed by atoms with Crippen molar-refractivity contribution in [2.75, 3.05) is 14.2 Å². The van der Waals surface area contributed by atoms with E-state index in [1.54, 1.807) is 7.05 Å². The van der Waals surface area contributed by atoms with Crippen molar-refractivity contribution in [3.05, 3.63) is 47.3 Å². The number of carbonyl (C=O) groups excluding carboxylic acids is 1. The molecule has 1 aromatic heterocycles. The fourth-order valence-electron chi connectivity index (χ4n) is 1.95. The van der Waals surface area contributed by atoms with Gasteiger partial charge in [-0.15, -0.1) is 0 Å². The number of rotatable bonds is 4. The van der Waals surface area contributed by atoms with Crippen LogP contribution in [0.15, 0.2) is 30.3 Å². The highest BCUT2D eigenvalue weighted by atomic mass is 19.4. The number of benzene rings is 1. The smallest absolute Gasteiger partial charge is 0.435 e. The molecule has 0 aliphatic rings. The van der Waals surface area contributed by atoms with Crippen molar-refractivity contribution < 1.29 is 22.7 Å². The lowest BCUT2D eigenvalue weighted by Crippen LogP contribution is -2.11. The molecule has 1 heterocycles. The highest BCUT2D eigenvalue weighted by Crippen LogP contribution is 2.29. The van der Waals surface area contributed by atoms with Gasteiger partial charge in [-0.05, 0) is 37.4 Å². The van der Waals surface area contributed by atoms with Crippen molar-refractivity contribution in [1.29, 1.82) is 0 Å². The molecule has 0 saturated carbocycles. The van der Waals surface area contributed by atoms with Crippen molar-refractivity contribution in [2.24, 2.45) is 0 Å². The van der Waals surface area contributed by atoms with E-state index in [-0.39, 0.29) is 6.54 Å². The lowest BCUT2D eigenvalue weighted by Gasteiger charge is -2.08. The number of alkyl halides is 3. The molecule has 0 bridgehead atoms. The van der Waals surface area contributed by atoms with Crippen molar-refractivity contribution in [1.82, 2.24) is 15.1 Å². The normalized spacial score (nSPS) is 11.5. The Morgan fingerprint density at radius 2 is 1.95 bits per heavy atom. The van der Waals surface area contributed by atoms with Gasteiger partial charge in [-0.2, -0.15) is 18.3 Å². The Morgan fingerprint density at radius 3 is 2.45 bits per heavy atom. The van der Waals surface area contributed by atoms with Crippen molar-refractivity contribution in [3.8, 4) is 5.69 Å². The van der Waals surface area contributed by atoms with Crippen LogP contribution >= 0.6 is 0 Å². The summed E-state index contributed by atoms with van der Waals surface area (Å²) in [7, 11) is 2.88. The average molecular weight is 313 g/mol. The van der Waals surface area contributed by atoms with Gasteiger partial charge in [0.2, 0.25) is 0 Å². The Kier molecular flexibility index (Phi) is 4.51. The highest BCUT2D eigenvalue weighted by molar-refractivity contribution is 5.89. The van der Waals surface area contributed by atoms with Crippen molar-refractivity contribution in [3.63, 3.8) is 0 Å². The minimum atomic E-state index is -4.51. The molecule has 0 unspecified atom stereocenters. The van der Waals surface area contributed by atoms with Crippen LogP contribution in [0.2, 0.25) is 0 Å². The zero-order chi connectivity index (χ0) is 16.3. The molecule has 0 aliphatic carbocycles. The van der Waals surface area contributed by atoms with Crippen LogP contribution in [0, 0.1) is 0 Å². The summed E-state index contributed by atoms with van der Waals surface area (Å²) in [5.41, 5.74) is 0.133. The van der Waals surface area contributed by atoms with Crippen LogP contribution in [0.5, 0.6) is 0 Å². The number of nitrogens with zero attached hydrogens (tertiary/aromatic N) is 2. The second-order valence-corrected chi connectivity index (χ2v) is 4.50. The van der Waals surface area contributed by atoms with Gasteiger partial charge >= 0.3 is 12.1 Å². The summed E-state index contributed by atoms with van der Waals surface area (Å²) in [5.74, 6) is -0.515. The third-order valence-electron chi connectivity index (χ3n) is 2.96. The molecule has 22 heavy (non-hydrogen) atoms. The molecule has 1 aromatic carbocycles. The predicted molar refractivity (Wildman–Crippen MR) is 72.7 cm³/mol. The van der Waals surface area contributed by atoms with E-state index < -0.39 is 17.8 Å². The fraction of sp³-hybridized carbons (Fsp3) is 0.286. The molecule has 0 amide bonds. The van der Waals surface area contributed by atoms with Gasteiger partial charge in [-0.25, -0.2) is 9.48 Å². The first-order chi connectivity index (χ1) is 10.4. The average Bonchev–Trinajstić information content (AvgIpc) is 2.91. The number of esters is 1. The second kappa shape index (κ2) is 6.18. The van der Waals surface area contributed by atoms with E-state index in [4.69, 9.17) is 0 Å². The van der Waals surface area contributed by atoms with Crippen molar-refractivity contribution >= 4 is 5.97 Å². The molecule has 0 saturated heterocycles. The molecule has 118 valence electrons. The minimum absolute atomic E-state index is 0.224. The van der Waals surface area contributed by atoms with E-state index in [0.717, 1.165) is 6.07 Å². The number of hydrogen-bond acceptors (Lipinski definition) is 4. The molecule has 0 radical (unpaired) electrons. The summed E-state index contributed by atoms with van der Waals surface area (Å²) in [4.78, 5) is 11.4. The number of methoxy groups -OCH3 is 1. The lowest BCUT2D eigenvalue weighted by atomic mass is 10.2. The minimum Gasteiger partial charge on any atom is -0.465 e. The molecule has 0 atom stereocenters. The van der Waals surface area contributed by atoms with Crippen LogP contribution in [0.3, 0.4) is 0 Å². The summed E-state index contributed by atoms with van der Waals surface area (Å²) in [6.07, 6.45) is -4.51. The van der Waals surface area contributed by atoms with Crippen molar-refractivity contribution in [2.45, 2.75) is 12.7 Å². The quantitative estimate of drug-likeness (QED) is 0.881. The van der Waals surface area contributed by atoms with E-state index >= 15 is 0 Å². The first kappa shape index (κ1) is 16.0. The van der Waals surface area contributed by atoms with Gasteiger partial charge in [-0.1, -0.05) is 0 Å². The zero-order valence-electron chi connectivity index (χ0n) is 11.9. The number of halogens is 3. The Labute approximate surface area is 124 Å². The Morgan fingerprint density at radius 1 is 1.32 bits per heavy atom. The molecule has 1 N–H and O–H groups in total. The zero-order valence-corrected chi connectivity index (χ0v) is 11.9. The van der Waals surface area contributed by atoms with E-state index in [0.29, 0.717) is 16.9 Å². The van der Waals surface area contributed by atoms with Gasteiger partial charge in [0, 0.05) is 6.54 Å². The number of carbonyl (C=O) groups is 1.